The molecule has 0 saturated carbocycles. The zero-order valence-corrected chi connectivity index (χ0v) is 14.3. The number of anilines is 1. The highest BCUT2D eigenvalue weighted by molar-refractivity contribution is 7.92. The monoisotopic (exact) mass is 377 g/mol. The fourth-order valence-electron chi connectivity index (χ4n) is 2.02. The smallest absolute Gasteiger partial charge is 0.244 e. The Morgan fingerprint density at radius 3 is 2.68 bits per heavy atom. The highest BCUT2D eigenvalue weighted by Crippen LogP contribution is 2.17. The second kappa shape index (κ2) is 6.99. The summed E-state index contributed by atoms with van der Waals surface area (Å²) < 4.78 is 24.6. The van der Waals surface area contributed by atoms with Crippen LogP contribution in [0.5, 0.6) is 0 Å². The number of carbonyl (C=O) groups is 1. The Hall–Kier alpha value is -2.78. The van der Waals surface area contributed by atoms with Crippen LogP contribution in [0.25, 0.3) is 11.4 Å². The van der Waals surface area contributed by atoms with Crippen LogP contribution < -0.4 is 5.32 Å². The Bertz CT molecular complexity index is 1000. The van der Waals surface area contributed by atoms with E-state index >= 15 is 0 Å². The lowest BCUT2D eigenvalue weighted by molar-refractivity contribution is -0.113. The van der Waals surface area contributed by atoms with Crippen molar-refractivity contribution in [3.63, 3.8) is 0 Å². The lowest BCUT2D eigenvalue weighted by Crippen LogP contribution is -2.23. The minimum atomic E-state index is -3.97. The summed E-state index contributed by atoms with van der Waals surface area (Å²) in [5.74, 6) is -1.27. The molecule has 2 aromatic heterocycles. The van der Waals surface area contributed by atoms with Crippen molar-refractivity contribution in [2.24, 2.45) is 0 Å². The van der Waals surface area contributed by atoms with Gasteiger partial charge in [-0.15, -0.1) is 0 Å². The average Bonchev–Trinajstić information content (AvgIpc) is 3.06. The van der Waals surface area contributed by atoms with Crippen LogP contribution >= 0.6 is 11.6 Å². The molecule has 128 valence electrons. The molecular formula is C15H12ClN5O3S. The first kappa shape index (κ1) is 17.1. The van der Waals surface area contributed by atoms with Gasteiger partial charge >= 0.3 is 0 Å². The van der Waals surface area contributed by atoms with E-state index < -0.39 is 21.5 Å². The van der Waals surface area contributed by atoms with E-state index in [4.69, 9.17) is 11.6 Å². The van der Waals surface area contributed by atoms with Crippen molar-refractivity contribution in [3.05, 3.63) is 53.8 Å². The predicted molar refractivity (Wildman–Crippen MR) is 91.7 cm³/mol. The van der Waals surface area contributed by atoms with Crippen molar-refractivity contribution in [3.8, 4) is 11.4 Å². The number of benzene rings is 1. The van der Waals surface area contributed by atoms with Crippen molar-refractivity contribution in [2.75, 3.05) is 11.1 Å². The molecule has 2 N–H and O–H groups in total. The van der Waals surface area contributed by atoms with Crippen molar-refractivity contribution < 1.29 is 13.2 Å². The molecule has 0 atom stereocenters. The Morgan fingerprint density at radius 1 is 1.20 bits per heavy atom. The SMILES string of the molecule is O=C(CS(=O)(=O)c1nc(-c2ccncc2)n[nH]1)Nc1cccc(Cl)c1. The van der Waals surface area contributed by atoms with Gasteiger partial charge in [-0.05, 0) is 30.3 Å². The minimum Gasteiger partial charge on any atom is -0.325 e. The summed E-state index contributed by atoms with van der Waals surface area (Å²) in [4.78, 5) is 19.8. The van der Waals surface area contributed by atoms with E-state index in [9.17, 15) is 13.2 Å². The fraction of sp³-hybridized carbons (Fsp3) is 0.0667. The van der Waals surface area contributed by atoms with Gasteiger partial charge in [0.1, 0.15) is 5.75 Å². The normalized spacial score (nSPS) is 11.2. The number of rotatable bonds is 5. The van der Waals surface area contributed by atoms with Gasteiger partial charge in [-0.2, -0.15) is 10.1 Å². The summed E-state index contributed by atoms with van der Waals surface area (Å²) in [6.45, 7) is 0. The quantitative estimate of drug-likeness (QED) is 0.701. The van der Waals surface area contributed by atoms with Gasteiger partial charge in [0.2, 0.25) is 20.9 Å². The highest BCUT2D eigenvalue weighted by atomic mass is 35.5. The summed E-state index contributed by atoms with van der Waals surface area (Å²) in [6, 6.07) is 9.69. The maximum Gasteiger partial charge on any atom is 0.244 e. The van der Waals surface area contributed by atoms with Crippen molar-refractivity contribution in [1.29, 1.82) is 0 Å². The van der Waals surface area contributed by atoms with Gasteiger partial charge < -0.3 is 5.32 Å². The summed E-state index contributed by atoms with van der Waals surface area (Å²) in [7, 11) is -3.97. The van der Waals surface area contributed by atoms with Crippen molar-refractivity contribution in [2.45, 2.75) is 5.16 Å². The van der Waals surface area contributed by atoms with E-state index in [0.29, 0.717) is 16.3 Å². The second-order valence-corrected chi connectivity index (χ2v) is 7.36. The topological polar surface area (TPSA) is 118 Å². The number of hydrogen-bond donors (Lipinski definition) is 2. The number of hydrogen-bond acceptors (Lipinski definition) is 6. The third-order valence-electron chi connectivity index (χ3n) is 3.13. The maximum atomic E-state index is 12.3. The number of amides is 1. The van der Waals surface area contributed by atoms with Crippen LogP contribution in [0.2, 0.25) is 5.02 Å². The van der Waals surface area contributed by atoms with Crippen molar-refractivity contribution in [1.82, 2.24) is 20.2 Å². The Kier molecular flexibility index (Phi) is 4.77. The zero-order chi connectivity index (χ0) is 17.9. The molecule has 1 amide bonds. The highest BCUT2D eigenvalue weighted by Gasteiger charge is 2.24. The molecule has 0 saturated heterocycles. The minimum absolute atomic E-state index is 0.205. The van der Waals surface area contributed by atoms with Gasteiger partial charge in [0, 0.05) is 28.7 Å². The molecule has 1 aromatic carbocycles. The lowest BCUT2D eigenvalue weighted by atomic mass is 10.3. The summed E-state index contributed by atoms with van der Waals surface area (Å²) in [5, 5.41) is 8.74. The van der Waals surface area contributed by atoms with Crippen LogP contribution in [-0.2, 0) is 14.6 Å². The molecule has 25 heavy (non-hydrogen) atoms. The van der Waals surface area contributed by atoms with Crippen LogP contribution in [0.4, 0.5) is 5.69 Å². The van der Waals surface area contributed by atoms with Crippen LogP contribution in [0.1, 0.15) is 0 Å². The lowest BCUT2D eigenvalue weighted by Gasteiger charge is -2.05. The first-order valence-electron chi connectivity index (χ1n) is 7.05. The molecule has 0 unspecified atom stereocenters. The third-order valence-corrected chi connectivity index (χ3v) is 4.78. The molecule has 2 heterocycles. The molecule has 0 bridgehead atoms. The number of nitrogens with zero attached hydrogens (tertiary/aromatic N) is 3. The van der Waals surface area contributed by atoms with Crippen LogP contribution in [0.3, 0.4) is 0 Å². The van der Waals surface area contributed by atoms with E-state index in [1.807, 2.05) is 0 Å². The van der Waals surface area contributed by atoms with Crippen LogP contribution in [-0.4, -0.2) is 40.2 Å². The Labute approximate surface area is 148 Å². The van der Waals surface area contributed by atoms with E-state index in [2.05, 4.69) is 25.5 Å². The molecule has 0 aliphatic rings. The fourth-order valence-corrected chi connectivity index (χ4v) is 3.18. The number of aromatic nitrogens is 4. The Balaban J connectivity index is 1.74. The van der Waals surface area contributed by atoms with E-state index in [1.54, 1.807) is 30.3 Å². The molecule has 0 aliphatic heterocycles. The number of aromatic amines is 1. The molecule has 0 radical (unpaired) electrons. The molecule has 3 rings (SSSR count). The van der Waals surface area contributed by atoms with E-state index in [-0.39, 0.29) is 11.0 Å². The number of pyridine rings is 1. The molecule has 0 aliphatic carbocycles. The van der Waals surface area contributed by atoms with E-state index in [0.717, 1.165) is 0 Å². The van der Waals surface area contributed by atoms with E-state index in [1.165, 1.54) is 18.5 Å². The van der Waals surface area contributed by atoms with Gasteiger partial charge in [-0.1, -0.05) is 17.7 Å². The zero-order valence-electron chi connectivity index (χ0n) is 12.7. The Morgan fingerprint density at radius 2 is 1.96 bits per heavy atom. The summed E-state index contributed by atoms with van der Waals surface area (Å²) in [5.41, 5.74) is 1.01. The number of nitrogens with one attached hydrogen (secondary N) is 2. The molecule has 8 nitrogen and oxygen atoms in total. The number of carbonyl (C=O) groups excluding carboxylic acids is 1. The number of H-pyrrole nitrogens is 1. The number of halogens is 1. The van der Waals surface area contributed by atoms with Gasteiger partial charge in [-0.25, -0.2) is 13.5 Å². The maximum absolute atomic E-state index is 12.3. The molecular weight excluding hydrogens is 366 g/mol. The van der Waals surface area contributed by atoms with Crippen LogP contribution in [0.15, 0.2) is 53.9 Å². The standard InChI is InChI=1S/C15H12ClN5O3S/c16-11-2-1-3-12(8-11)18-13(22)9-25(23,24)15-19-14(20-21-15)10-4-6-17-7-5-10/h1-8H,9H2,(H,18,22)(H,19,20,21). The number of sulfone groups is 1. The molecule has 0 spiro atoms. The molecule has 10 heteroatoms. The third kappa shape index (κ3) is 4.20. The average molecular weight is 378 g/mol. The first-order valence-corrected chi connectivity index (χ1v) is 9.08. The molecule has 0 fully saturated rings. The largest absolute Gasteiger partial charge is 0.325 e. The van der Waals surface area contributed by atoms with Gasteiger partial charge in [-0.3, -0.25) is 9.78 Å². The van der Waals surface area contributed by atoms with Crippen LogP contribution in [0, 0.1) is 0 Å². The van der Waals surface area contributed by atoms with Gasteiger partial charge in [0.15, 0.2) is 5.82 Å². The van der Waals surface area contributed by atoms with Gasteiger partial charge in [0.05, 0.1) is 0 Å². The summed E-state index contributed by atoms with van der Waals surface area (Å²) >= 11 is 5.82. The predicted octanol–water partition coefficient (Wildman–Crippen LogP) is 1.93. The van der Waals surface area contributed by atoms with Gasteiger partial charge in [0.25, 0.3) is 0 Å². The van der Waals surface area contributed by atoms with Crippen molar-refractivity contribution >= 4 is 33.0 Å². The molecule has 3 aromatic rings. The first-order chi connectivity index (χ1) is 11.9. The summed E-state index contributed by atoms with van der Waals surface area (Å²) in [6.07, 6.45) is 3.08. The second-order valence-electron chi connectivity index (χ2n) is 5.02.